The van der Waals surface area contributed by atoms with Crippen LogP contribution < -0.4 is 4.74 Å². The van der Waals surface area contributed by atoms with E-state index in [1.54, 1.807) is 0 Å². The number of rotatable bonds is 13. The Morgan fingerprint density at radius 1 is 0.852 bits per heavy atom. The van der Waals surface area contributed by atoms with Crippen LogP contribution in [-0.4, -0.2) is 12.9 Å². The molecule has 0 aromatic heterocycles. The van der Waals surface area contributed by atoms with Gasteiger partial charge in [0.15, 0.2) is 0 Å². The fourth-order valence-electron chi connectivity index (χ4n) is 3.65. The van der Waals surface area contributed by atoms with Gasteiger partial charge < -0.3 is 9.47 Å². The molecule has 2 atom stereocenters. The number of hydrogen-bond acceptors (Lipinski definition) is 2. The molecule has 0 saturated carbocycles. The van der Waals surface area contributed by atoms with E-state index in [4.69, 9.17) is 9.47 Å². The Morgan fingerprint density at radius 3 is 1.81 bits per heavy atom. The molecule has 0 spiro atoms. The highest BCUT2D eigenvalue weighted by Crippen LogP contribution is 2.29. The molecule has 1 rings (SSSR count). The van der Waals surface area contributed by atoms with Crippen molar-refractivity contribution in [2.24, 2.45) is 11.8 Å². The molecule has 1 aromatic carbocycles. The molecule has 2 nitrogen and oxygen atoms in total. The first-order chi connectivity index (χ1) is 13.0. The van der Waals surface area contributed by atoms with Gasteiger partial charge in [-0.15, -0.1) is 0 Å². The molecule has 2 heteroatoms. The van der Waals surface area contributed by atoms with Crippen molar-refractivity contribution in [1.29, 1.82) is 0 Å². The molecule has 0 saturated heterocycles. The van der Waals surface area contributed by atoms with Gasteiger partial charge in [0.25, 0.3) is 0 Å². The van der Waals surface area contributed by atoms with Gasteiger partial charge in [-0.25, -0.2) is 0 Å². The van der Waals surface area contributed by atoms with E-state index in [1.165, 1.54) is 31.2 Å². The summed E-state index contributed by atoms with van der Waals surface area (Å²) in [6.07, 6.45) is 6.95. The predicted molar refractivity (Wildman–Crippen MR) is 120 cm³/mol. The van der Waals surface area contributed by atoms with E-state index in [0.717, 1.165) is 24.5 Å². The van der Waals surface area contributed by atoms with Gasteiger partial charge in [-0.3, -0.25) is 0 Å². The van der Waals surface area contributed by atoms with Crippen molar-refractivity contribution in [3.8, 4) is 5.75 Å². The van der Waals surface area contributed by atoms with Crippen LogP contribution in [-0.2, 0) is 4.74 Å². The Bertz CT molecular complexity index is 432. The lowest BCUT2D eigenvalue weighted by molar-refractivity contribution is -0.115. The van der Waals surface area contributed by atoms with Gasteiger partial charge in [-0.2, -0.15) is 0 Å². The van der Waals surface area contributed by atoms with Crippen LogP contribution in [0.4, 0.5) is 0 Å². The van der Waals surface area contributed by atoms with Gasteiger partial charge in [0.2, 0.25) is 6.29 Å². The Labute approximate surface area is 170 Å². The Kier molecular flexibility index (Phi) is 15.4. The second-order valence-corrected chi connectivity index (χ2v) is 7.58. The minimum absolute atomic E-state index is 0.131. The second kappa shape index (κ2) is 16.0. The van der Waals surface area contributed by atoms with Crippen LogP contribution in [0.2, 0.25) is 0 Å². The zero-order valence-electron chi connectivity index (χ0n) is 19.4. The fourth-order valence-corrected chi connectivity index (χ4v) is 3.65. The smallest absolute Gasteiger partial charge is 0.202 e. The van der Waals surface area contributed by atoms with E-state index in [1.807, 2.05) is 20.8 Å². The molecule has 0 amide bonds. The van der Waals surface area contributed by atoms with Crippen molar-refractivity contribution in [1.82, 2.24) is 0 Å². The average molecular weight is 379 g/mol. The van der Waals surface area contributed by atoms with E-state index < -0.39 is 0 Å². The maximum Gasteiger partial charge on any atom is 0.202 e. The molecule has 0 aliphatic carbocycles. The van der Waals surface area contributed by atoms with E-state index in [2.05, 4.69) is 58.9 Å². The SMILES string of the molecule is CC.CCCC(CCC)C(OCC)Oc1ccc(C(CC)CC(C)C)cc1. The molecule has 0 aliphatic heterocycles. The average Bonchev–Trinajstić information content (AvgIpc) is 2.68. The standard InChI is InChI=1S/C23H40O2.C2H6/c1-7-11-21(12-8-2)23(24-10-4)25-22-15-13-20(14-16-22)19(9-3)17-18(5)6;1-2/h13-16,18-19,21,23H,7-12,17H2,1-6H3;1-2H3. The number of hydrogen-bond donors (Lipinski definition) is 0. The van der Waals surface area contributed by atoms with E-state index in [9.17, 15) is 0 Å². The maximum absolute atomic E-state index is 6.25. The van der Waals surface area contributed by atoms with E-state index in [-0.39, 0.29) is 6.29 Å². The third-order valence-corrected chi connectivity index (χ3v) is 4.89. The summed E-state index contributed by atoms with van der Waals surface area (Å²) in [5.41, 5.74) is 1.43. The minimum atomic E-state index is -0.131. The van der Waals surface area contributed by atoms with Crippen molar-refractivity contribution in [2.45, 2.75) is 106 Å². The largest absolute Gasteiger partial charge is 0.465 e. The van der Waals surface area contributed by atoms with Gasteiger partial charge in [0, 0.05) is 12.5 Å². The Balaban J connectivity index is 0.00000326. The third kappa shape index (κ3) is 10.2. The zero-order chi connectivity index (χ0) is 20.7. The topological polar surface area (TPSA) is 18.5 Å². The van der Waals surface area contributed by atoms with Crippen LogP contribution in [0.25, 0.3) is 0 Å². The molecule has 0 radical (unpaired) electrons. The Morgan fingerprint density at radius 2 is 1.41 bits per heavy atom. The minimum Gasteiger partial charge on any atom is -0.465 e. The maximum atomic E-state index is 6.25. The molecule has 1 aromatic rings. The van der Waals surface area contributed by atoms with Crippen LogP contribution in [0, 0.1) is 11.8 Å². The van der Waals surface area contributed by atoms with Gasteiger partial charge >= 0.3 is 0 Å². The second-order valence-electron chi connectivity index (χ2n) is 7.58. The van der Waals surface area contributed by atoms with Gasteiger partial charge in [0.1, 0.15) is 5.75 Å². The fraction of sp³-hybridized carbons (Fsp3) is 0.760. The van der Waals surface area contributed by atoms with Crippen molar-refractivity contribution >= 4 is 0 Å². The molecule has 27 heavy (non-hydrogen) atoms. The van der Waals surface area contributed by atoms with Crippen LogP contribution in [0.3, 0.4) is 0 Å². The molecule has 0 bridgehead atoms. The summed E-state index contributed by atoms with van der Waals surface area (Å²) in [5.74, 6) is 2.77. The van der Waals surface area contributed by atoms with E-state index in [0.29, 0.717) is 18.4 Å². The molecule has 158 valence electrons. The number of ether oxygens (including phenoxy) is 2. The predicted octanol–water partition coefficient (Wildman–Crippen LogP) is 8.21. The van der Waals surface area contributed by atoms with Crippen LogP contribution in [0.15, 0.2) is 24.3 Å². The summed E-state index contributed by atoms with van der Waals surface area (Å²) < 4.78 is 12.2. The summed E-state index contributed by atoms with van der Waals surface area (Å²) >= 11 is 0. The van der Waals surface area contributed by atoms with Crippen molar-refractivity contribution in [3.63, 3.8) is 0 Å². The normalized spacial score (nSPS) is 13.3. The lowest BCUT2D eigenvalue weighted by Crippen LogP contribution is -2.30. The zero-order valence-corrected chi connectivity index (χ0v) is 19.4. The monoisotopic (exact) mass is 378 g/mol. The van der Waals surface area contributed by atoms with Crippen LogP contribution in [0.1, 0.15) is 105 Å². The Hall–Kier alpha value is -1.02. The first-order valence-corrected chi connectivity index (χ1v) is 11.4. The molecule has 0 fully saturated rings. The first kappa shape index (κ1) is 26.0. The molecule has 0 heterocycles. The van der Waals surface area contributed by atoms with Crippen LogP contribution >= 0.6 is 0 Å². The highest BCUT2D eigenvalue weighted by molar-refractivity contribution is 5.29. The lowest BCUT2D eigenvalue weighted by atomic mass is 9.88. The quantitative estimate of drug-likeness (QED) is 0.322. The summed E-state index contributed by atoms with van der Waals surface area (Å²) in [6.45, 7) is 18.1. The van der Waals surface area contributed by atoms with Gasteiger partial charge in [-0.1, -0.05) is 73.4 Å². The lowest BCUT2D eigenvalue weighted by Gasteiger charge is -2.27. The highest BCUT2D eigenvalue weighted by Gasteiger charge is 2.22. The first-order valence-electron chi connectivity index (χ1n) is 11.4. The van der Waals surface area contributed by atoms with Crippen molar-refractivity contribution in [3.05, 3.63) is 29.8 Å². The van der Waals surface area contributed by atoms with Gasteiger partial charge in [0.05, 0.1) is 0 Å². The summed E-state index contributed by atoms with van der Waals surface area (Å²) in [4.78, 5) is 0. The molecule has 2 unspecified atom stereocenters. The summed E-state index contributed by atoms with van der Waals surface area (Å²) in [7, 11) is 0. The number of benzene rings is 1. The summed E-state index contributed by atoms with van der Waals surface area (Å²) in [6, 6.07) is 8.73. The van der Waals surface area contributed by atoms with Crippen molar-refractivity contribution < 1.29 is 9.47 Å². The molecular weight excluding hydrogens is 332 g/mol. The molecule has 0 N–H and O–H groups in total. The summed E-state index contributed by atoms with van der Waals surface area (Å²) in [5, 5.41) is 0. The molecular formula is C25H46O2. The van der Waals surface area contributed by atoms with E-state index >= 15 is 0 Å². The van der Waals surface area contributed by atoms with Gasteiger partial charge in [-0.05, 0) is 62.1 Å². The highest BCUT2D eigenvalue weighted by atomic mass is 16.7. The van der Waals surface area contributed by atoms with Crippen LogP contribution in [0.5, 0.6) is 5.75 Å². The third-order valence-electron chi connectivity index (χ3n) is 4.89. The van der Waals surface area contributed by atoms with Crippen molar-refractivity contribution in [2.75, 3.05) is 6.61 Å². The molecule has 0 aliphatic rings.